The highest BCUT2D eigenvalue weighted by Crippen LogP contribution is 2.30. The number of benzene rings is 1. The minimum Gasteiger partial charge on any atom is -0.337 e. The predicted octanol–water partition coefficient (Wildman–Crippen LogP) is 3.26. The Morgan fingerprint density at radius 3 is 2.76 bits per heavy atom. The maximum atomic E-state index is 6.09. The van der Waals surface area contributed by atoms with E-state index in [4.69, 9.17) is 23.2 Å². The van der Waals surface area contributed by atoms with Gasteiger partial charge in [-0.3, -0.25) is 4.99 Å². The molecule has 1 aliphatic heterocycles. The quantitative estimate of drug-likeness (QED) is 0.854. The molecule has 2 rings (SSSR count). The van der Waals surface area contributed by atoms with Gasteiger partial charge < -0.3 is 10.2 Å². The molecule has 0 spiro atoms. The van der Waals surface area contributed by atoms with Crippen molar-refractivity contribution in [2.24, 2.45) is 4.99 Å². The maximum Gasteiger partial charge on any atom is 0.198 e. The Morgan fingerprint density at radius 1 is 1.41 bits per heavy atom. The van der Waals surface area contributed by atoms with E-state index in [9.17, 15) is 0 Å². The fraction of sp³-hybridized carbons (Fsp3) is 0.250. The van der Waals surface area contributed by atoms with Crippen LogP contribution in [0.1, 0.15) is 0 Å². The minimum absolute atomic E-state index is 0.589. The minimum atomic E-state index is 0.589. The summed E-state index contributed by atoms with van der Waals surface area (Å²) in [7, 11) is 0. The number of hydrogen-bond acceptors (Lipinski definition) is 3. The lowest BCUT2D eigenvalue weighted by atomic mass is 10.3. The lowest BCUT2D eigenvalue weighted by Crippen LogP contribution is -2.33. The van der Waals surface area contributed by atoms with Gasteiger partial charge in [0, 0.05) is 13.1 Å². The SMILES string of the molecule is C=CCN1CCN=C1Nc1c(Cl)cccc1Cl. The van der Waals surface area contributed by atoms with E-state index >= 15 is 0 Å². The van der Waals surface area contributed by atoms with Gasteiger partial charge in [0.25, 0.3) is 0 Å². The Labute approximate surface area is 111 Å². The Balaban J connectivity index is 2.18. The molecule has 0 fully saturated rings. The van der Waals surface area contributed by atoms with Crippen LogP contribution in [0.4, 0.5) is 5.69 Å². The lowest BCUT2D eigenvalue weighted by Gasteiger charge is -2.20. The number of anilines is 1. The Morgan fingerprint density at radius 2 is 2.12 bits per heavy atom. The molecule has 0 radical (unpaired) electrons. The number of para-hydroxylation sites is 1. The van der Waals surface area contributed by atoms with Gasteiger partial charge in [-0.2, -0.15) is 0 Å². The van der Waals surface area contributed by atoms with Crippen LogP contribution in [0, 0.1) is 0 Å². The van der Waals surface area contributed by atoms with E-state index in [2.05, 4.69) is 21.8 Å². The van der Waals surface area contributed by atoms with Crippen LogP contribution in [0.3, 0.4) is 0 Å². The van der Waals surface area contributed by atoms with Crippen molar-refractivity contribution >= 4 is 34.8 Å². The summed E-state index contributed by atoms with van der Waals surface area (Å²) in [5.74, 6) is 0.792. The summed E-state index contributed by atoms with van der Waals surface area (Å²) >= 11 is 12.2. The molecule has 1 heterocycles. The Bertz CT molecular complexity index is 437. The average molecular weight is 270 g/mol. The van der Waals surface area contributed by atoms with Gasteiger partial charge in [0.05, 0.1) is 22.3 Å². The van der Waals surface area contributed by atoms with E-state index in [1.54, 1.807) is 12.1 Å². The third-order valence-electron chi connectivity index (χ3n) is 2.48. The van der Waals surface area contributed by atoms with Crippen molar-refractivity contribution < 1.29 is 0 Å². The molecule has 0 aliphatic carbocycles. The second-order valence-corrected chi connectivity index (χ2v) is 4.48. The van der Waals surface area contributed by atoms with Crippen molar-refractivity contribution in [1.82, 2.24) is 4.90 Å². The molecule has 3 nitrogen and oxygen atoms in total. The zero-order valence-corrected chi connectivity index (χ0v) is 10.8. The molecule has 5 heteroatoms. The van der Waals surface area contributed by atoms with Crippen LogP contribution in [0.15, 0.2) is 35.8 Å². The molecule has 17 heavy (non-hydrogen) atoms. The van der Waals surface area contributed by atoms with Gasteiger partial charge in [-0.25, -0.2) is 0 Å². The number of halogens is 2. The average Bonchev–Trinajstić information content (AvgIpc) is 2.72. The van der Waals surface area contributed by atoms with Crippen molar-refractivity contribution in [2.45, 2.75) is 0 Å². The molecule has 1 N–H and O–H groups in total. The van der Waals surface area contributed by atoms with Crippen molar-refractivity contribution in [3.63, 3.8) is 0 Å². The largest absolute Gasteiger partial charge is 0.337 e. The number of hydrogen-bond donors (Lipinski definition) is 1. The molecule has 0 aromatic heterocycles. The molecular formula is C12H13Cl2N3. The summed E-state index contributed by atoms with van der Waals surface area (Å²) in [4.78, 5) is 6.47. The number of nitrogens with one attached hydrogen (secondary N) is 1. The fourth-order valence-corrected chi connectivity index (χ4v) is 2.16. The third kappa shape index (κ3) is 2.73. The molecule has 0 amide bonds. The molecule has 0 atom stereocenters. The highest BCUT2D eigenvalue weighted by atomic mass is 35.5. The number of guanidine groups is 1. The fourth-order valence-electron chi connectivity index (χ4n) is 1.66. The highest BCUT2D eigenvalue weighted by Gasteiger charge is 2.17. The van der Waals surface area contributed by atoms with Crippen LogP contribution >= 0.6 is 23.2 Å². The molecule has 1 aromatic rings. The highest BCUT2D eigenvalue weighted by molar-refractivity contribution is 6.39. The van der Waals surface area contributed by atoms with Crippen molar-refractivity contribution in [2.75, 3.05) is 25.0 Å². The number of rotatable bonds is 3. The second-order valence-electron chi connectivity index (χ2n) is 3.66. The molecule has 0 unspecified atom stereocenters. The second kappa shape index (κ2) is 5.43. The Hall–Kier alpha value is -1.19. The third-order valence-corrected chi connectivity index (χ3v) is 3.11. The van der Waals surface area contributed by atoms with Crippen molar-refractivity contribution in [1.29, 1.82) is 0 Å². The van der Waals surface area contributed by atoms with E-state index in [0.717, 1.165) is 25.6 Å². The first-order valence-corrected chi connectivity index (χ1v) is 6.09. The number of aliphatic imine (C=N–C) groups is 1. The van der Waals surface area contributed by atoms with Gasteiger partial charge in [-0.1, -0.05) is 35.3 Å². The van der Waals surface area contributed by atoms with Gasteiger partial charge in [0.2, 0.25) is 0 Å². The molecule has 1 aliphatic rings. The first-order valence-electron chi connectivity index (χ1n) is 5.33. The molecule has 1 aromatic carbocycles. The van der Waals surface area contributed by atoms with Crippen LogP contribution < -0.4 is 5.32 Å². The van der Waals surface area contributed by atoms with Gasteiger partial charge in [0.15, 0.2) is 5.96 Å². The Kier molecular flexibility index (Phi) is 3.92. The summed E-state index contributed by atoms with van der Waals surface area (Å²) in [6, 6.07) is 5.40. The van der Waals surface area contributed by atoms with E-state index < -0.39 is 0 Å². The van der Waals surface area contributed by atoms with Crippen LogP contribution in [0.2, 0.25) is 10.0 Å². The van der Waals surface area contributed by atoms with Crippen molar-refractivity contribution in [3.05, 3.63) is 40.9 Å². The van der Waals surface area contributed by atoms with E-state index in [0.29, 0.717) is 15.7 Å². The lowest BCUT2D eigenvalue weighted by molar-refractivity contribution is 0.506. The van der Waals surface area contributed by atoms with Gasteiger partial charge in [0.1, 0.15) is 0 Å². The van der Waals surface area contributed by atoms with Crippen molar-refractivity contribution in [3.8, 4) is 0 Å². The molecule has 90 valence electrons. The van der Waals surface area contributed by atoms with E-state index in [1.807, 2.05) is 12.1 Å². The smallest absolute Gasteiger partial charge is 0.198 e. The van der Waals surface area contributed by atoms with Gasteiger partial charge >= 0.3 is 0 Å². The van der Waals surface area contributed by atoms with Gasteiger partial charge in [-0.15, -0.1) is 6.58 Å². The first-order chi connectivity index (χ1) is 8.22. The standard InChI is InChI=1S/C12H13Cl2N3/c1-2-7-17-8-6-15-12(17)16-11-9(13)4-3-5-10(11)14/h2-5H,1,6-8H2,(H,15,16). The zero-order chi connectivity index (χ0) is 12.3. The van der Waals surface area contributed by atoms with Crippen LogP contribution in [-0.2, 0) is 0 Å². The summed E-state index contributed by atoms with van der Waals surface area (Å²) in [6.45, 7) is 6.14. The predicted molar refractivity (Wildman–Crippen MR) is 74.2 cm³/mol. The van der Waals surface area contributed by atoms with E-state index in [1.165, 1.54) is 0 Å². The zero-order valence-electron chi connectivity index (χ0n) is 9.29. The number of nitrogens with zero attached hydrogens (tertiary/aromatic N) is 2. The molecular weight excluding hydrogens is 257 g/mol. The summed E-state index contributed by atoms with van der Waals surface area (Å²) in [6.07, 6.45) is 1.84. The van der Waals surface area contributed by atoms with Crippen LogP contribution in [0.25, 0.3) is 0 Å². The van der Waals surface area contributed by atoms with E-state index in [-0.39, 0.29) is 0 Å². The summed E-state index contributed by atoms with van der Waals surface area (Å²) in [5.41, 5.74) is 0.700. The van der Waals surface area contributed by atoms with Crippen LogP contribution in [0.5, 0.6) is 0 Å². The molecule has 0 saturated carbocycles. The monoisotopic (exact) mass is 269 g/mol. The first kappa shape index (κ1) is 12.3. The van der Waals surface area contributed by atoms with Crippen LogP contribution in [-0.4, -0.2) is 30.5 Å². The summed E-state index contributed by atoms with van der Waals surface area (Å²) in [5, 5.41) is 4.35. The molecule has 0 saturated heterocycles. The maximum absolute atomic E-state index is 6.09. The summed E-state index contributed by atoms with van der Waals surface area (Å²) < 4.78 is 0. The van der Waals surface area contributed by atoms with Gasteiger partial charge in [-0.05, 0) is 12.1 Å². The molecule has 0 bridgehead atoms. The normalized spacial score (nSPS) is 14.7. The topological polar surface area (TPSA) is 27.6 Å².